The number of carbonyl (C=O) groups is 1. The maximum atomic E-state index is 13.1. The van der Waals surface area contributed by atoms with Gasteiger partial charge in [-0.1, -0.05) is 0 Å². The van der Waals surface area contributed by atoms with E-state index in [9.17, 15) is 4.79 Å². The minimum atomic E-state index is -0.0762. The Morgan fingerprint density at radius 1 is 1.04 bits per heavy atom. The standard InChI is InChI=1S/C18H22N2O4/c1-12-14-6-5-7-19(14)8-9-20(12)18(21)13-10-16(23-3)17(24-4)11-15(13)22-2/h5-7,10-12H,8-9H2,1-4H3/t12-/m0/s1. The van der Waals surface area contributed by atoms with E-state index in [2.05, 4.69) is 10.6 Å². The van der Waals surface area contributed by atoms with Gasteiger partial charge < -0.3 is 23.7 Å². The second-order valence-corrected chi connectivity index (χ2v) is 5.71. The fourth-order valence-corrected chi connectivity index (χ4v) is 3.21. The predicted molar refractivity (Wildman–Crippen MR) is 90.0 cm³/mol. The maximum absolute atomic E-state index is 13.1. The van der Waals surface area contributed by atoms with Gasteiger partial charge in [0.2, 0.25) is 0 Å². The van der Waals surface area contributed by atoms with Crippen LogP contribution in [0.5, 0.6) is 17.2 Å². The summed E-state index contributed by atoms with van der Waals surface area (Å²) in [5.41, 5.74) is 1.61. The van der Waals surface area contributed by atoms with Crippen molar-refractivity contribution in [1.82, 2.24) is 9.47 Å². The largest absolute Gasteiger partial charge is 0.496 e. The van der Waals surface area contributed by atoms with E-state index < -0.39 is 0 Å². The number of hydrogen-bond donors (Lipinski definition) is 0. The number of ether oxygens (including phenoxy) is 3. The van der Waals surface area contributed by atoms with Crippen LogP contribution >= 0.6 is 0 Å². The molecule has 1 aromatic heterocycles. The molecule has 0 fully saturated rings. The van der Waals surface area contributed by atoms with E-state index in [1.165, 1.54) is 0 Å². The summed E-state index contributed by atoms with van der Waals surface area (Å²) in [4.78, 5) is 15.0. The molecule has 1 aliphatic rings. The minimum Gasteiger partial charge on any atom is -0.496 e. The highest BCUT2D eigenvalue weighted by Crippen LogP contribution is 2.36. The highest BCUT2D eigenvalue weighted by molar-refractivity contribution is 5.98. The Bertz CT molecular complexity index is 753. The first-order valence-corrected chi connectivity index (χ1v) is 7.86. The highest BCUT2D eigenvalue weighted by atomic mass is 16.5. The third kappa shape index (κ3) is 2.58. The normalized spacial score (nSPS) is 16.5. The van der Waals surface area contributed by atoms with Gasteiger partial charge in [0, 0.05) is 37.1 Å². The van der Waals surface area contributed by atoms with Crippen LogP contribution in [0.25, 0.3) is 0 Å². The quantitative estimate of drug-likeness (QED) is 0.865. The molecular weight excluding hydrogens is 308 g/mol. The Morgan fingerprint density at radius 2 is 1.71 bits per heavy atom. The van der Waals surface area contributed by atoms with Crippen molar-refractivity contribution < 1.29 is 19.0 Å². The predicted octanol–water partition coefficient (Wildman–Crippen LogP) is 2.73. The van der Waals surface area contributed by atoms with E-state index >= 15 is 0 Å². The summed E-state index contributed by atoms with van der Waals surface area (Å²) in [6, 6.07) is 7.43. The van der Waals surface area contributed by atoms with Crippen molar-refractivity contribution in [2.24, 2.45) is 0 Å². The molecule has 0 bridgehead atoms. The zero-order chi connectivity index (χ0) is 17.3. The van der Waals surface area contributed by atoms with Crippen molar-refractivity contribution in [3.8, 4) is 17.2 Å². The maximum Gasteiger partial charge on any atom is 0.258 e. The second-order valence-electron chi connectivity index (χ2n) is 5.71. The fraction of sp³-hybridized carbons (Fsp3) is 0.389. The number of hydrogen-bond acceptors (Lipinski definition) is 4. The van der Waals surface area contributed by atoms with Crippen LogP contribution in [0.4, 0.5) is 0 Å². The van der Waals surface area contributed by atoms with Gasteiger partial charge in [-0.05, 0) is 19.1 Å². The Hall–Kier alpha value is -2.63. The second kappa shape index (κ2) is 6.47. The van der Waals surface area contributed by atoms with Crippen LogP contribution < -0.4 is 14.2 Å². The number of rotatable bonds is 4. The molecule has 0 radical (unpaired) electrons. The molecule has 6 heteroatoms. The number of benzene rings is 1. The Morgan fingerprint density at radius 3 is 2.38 bits per heavy atom. The molecule has 0 aliphatic carbocycles. The van der Waals surface area contributed by atoms with Gasteiger partial charge in [-0.25, -0.2) is 0 Å². The monoisotopic (exact) mass is 330 g/mol. The van der Waals surface area contributed by atoms with Crippen LogP contribution in [0.15, 0.2) is 30.5 Å². The molecule has 0 unspecified atom stereocenters. The summed E-state index contributed by atoms with van der Waals surface area (Å²) in [7, 11) is 4.65. The third-order valence-electron chi connectivity index (χ3n) is 4.54. The van der Waals surface area contributed by atoms with Crippen molar-refractivity contribution in [3.05, 3.63) is 41.7 Å². The van der Waals surface area contributed by atoms with Crippen molar-refractivity contribution in [2.45, 2.75) is 19.5 Å². The molecular formula is C18H22N2O4. The number of methoxy groups -OCH3 is 3. The number of amides is 1. The zero-order valence-corrected chi connectivity index (χ0v) is 14.4. The molecule has 2 aromatic rings. The van der Waals surface area contributed by atoms with E-state index in [4.69, 9.17) is 14.2 Å². The topological polar surface area (TPSA) is 52.9 Å². The molecule has 1 aromatic carbocycles. The lowest BCUT2D eigenvalue weighted by Gasteiger charge is -2.35. The number of fused-ring (bicyclic) bond motifs is 1. The van der Waals surface area contributed by atoms with E-state index in [0.29, 0.717) is 29.4 Å². The number of aromatic nitrogens is 1. The van der Waals surface area contributed by atoms with Gasteiger partial charge in [0.25, 0.3) is 5.91 Å². The lowest BCUT2D eigenvalue weighted by atomic mass is 10.1. The lowest BCUT2D eigenvalue weighted by Crippen LogP contribution is -2.40. The first kappa shape index (κ1) is 16.2. The van der Waals surface area contributed by atoms with Crippen molar-refractivity contribution in [1.29, 1.82) is 0 Å². The third-order valence-corrected chi connectivity index (χ3v) is 4.54. The average Bonchev–Trinajstić information content (AvgIpc) is 3.09. The fourth-order valence-electron chi connectivity index (χ4n) is 3.21. The van der Waals surface area contributed by atoms with Gasteiger partial charge >= 0.3 is 0 Å². The Labute approximate surface area is 141 Å². The van der Waals surface area contributed by atoms with E-state index in [0.717, 1.165) is 12.2 Å². The average molecular weight is 330 g/mol. The summed E-state index contributed by atoms with van der Waals surface area (Å²) in [6.07, 6.45) is 2.05. The van der Waals surface area contributed by atoms with Gasteiger partial charge in [0.15, 0.2) is 11.5 Å². The SMILES string of the molecule is COc1cc(OC)c(C(=O)N2CCn3cccc3[C@@H]2C)cc1OC. The zero-order valence-electron chi connectivity index (χ0n) is 14.4. The number of carbonyl (C=O) groups excluding carboxylic acids is 1. The van der Waals surface area contributed by atoms with Crippen LogP contribution in [0.1, 0.15) is 29.0 Å². The smallest absolute Gasteiger partial charge is 0.258 e. The van der Waals surface area contributed by atoms with E-state index in [1.54, 1.807) is 33.5 Å². The van der Waals surface area contributed by atoms with Gasteiger partial charge in [-0.2, -0.15) is 0 Å². The molecule has 2 heterocycles. The molecule has 1 aliphatic heterocycles. The van der Waals surface area contributed by atoms with E-state index in [-0.39, 0.29) is 11.9 Å². The summed E-state index contributed by atoms with van der Waals surface area (Å²) >= 11 is 0. The summed E-state index contributed by atoms with van der Waals surface area (Å²) in [5, 5.41) is 0. The molecule has 1 amide bonds. The summed E-state index contributed by atoms with van der Waals surface area (Å²) in [6.45, 7) is 3.48. The van der Waals surface area contributed by atoms with Crippen molar-refractivity contribution in [2.75, 3.05) is 27.9 Å². The van der Waals surface area contributed by atoms with Crippen molar-refractivity contribution >= 4 is 5.91 Å². The Balaban J connectivity index is 1.98. The van der Waals surface area contributed by atoms with Crippen LogP contribution in [0.2, 0.25) is 0 Å². The van der Waals surface area contributed by atoms with Crippen LogP contribution in [0, 0.1) is 0 Å². The van der Waals surface area contributed by atoms with Crippen LogP contribution in [-0.2, 0) is 6.54 Å². The molecule has 128 valence electrons. The van der Waals surface area contributed by atoms with Crippen molar-refractivity contribution in [3.63, 3.8) is 0 Å². The molecule has 0 saturated carbocycles. The molecule has 24 heavy (non-hydrogen) atoms. The highest BCUT2D eigenvalue weighted by Gasteiger charge is 2.30. The van der Waals surface area contributed by atoms with Gasteiger partial charge in [-0.15, -0.1) is 0 Å². The lowest BCUT2D eigenvalue weighted by molar-refractivity contribution is 0.0640. The first-order chi connectivity index (χ1) is 11.6. The molecule has 6 nitrogen and oxygen atoms in total. The van der Waals surface area contributed by atoms with Gasteiger partial charge in [-0.3, -0.25) is 4.79 Å². The molecule has 0 N–H and O–H groups in total. The number of nitrogens with zero attached hydrogens (tertiary/aromatic N) is 2. The molecule has 0 saturated heterocycles. The summed E-state index contributed by atoms with van der Waals surface area (Å²) < 4.78 is 18.2. The van der Waals surface area contributed by atoms with Gasteiger partial charge in [0.05, 0.1) is 32.9 Å². The van der Waals surface area contributed by atoms with Crippen LogP contribution in [0.3, 0.4) is 0 Å². The van der Waals surface area contributed by atoms with E-state index in [1.807, 2.05) is 24.1 Å². The first-order valence-electron chi connectivity index (χ1n) is 7.86. The minimum absolute atomic E-state index is 0.000877. The molecule has 1 atom stereocenters. The Kier molecular flexibility index (Phi) is 4.38. The van der Waals surface area contributed by atoms with Gasteiger partial charge in [0.1, 0.15) is 5.75 Å². The molecule has 3 rings (SSSR count). The summed E-state index contributed by atoms with van der Waals surface area (Å²) in [5.74, 6) is 1.44. The van der Waals surface area contributed by atoms with Crippen LogP contribution in [-0.4, -0.2) is 43.2 Å². The molecule has 0 spiro atoms.